The third kappa shape index (κ3) is 28.6. The summed E-state index contributed by atoms with van der Waals surface area (Å²) in [5, 5.41) is 5.81. The SMILES string of the molecule is CCCCCCCCCCCCCCCC(=O)Nc1cc(NC(=O)CCCCCCCCCCCCCCC)cc(C(=O)N(CC(=O)OCC)CC(=O)OCC)c1. The van der Waals surface area contributed by atoms with E-state index in [1.807, 2.05) is 0 Å². The molecule has 326 valence electrons. The third-order valence-electron chi connectivity index (χ3n) is 10.3. The van der Waals surface area contributed by atoms with E-state index in [1.165, 1.54) is 141 Å². The number of rotatable bonds is 37. The summed E-state index contributed by atoms with van der Waals surface area (Å²) in [5.41, 5.74) is 0.812. The number of unbranched alkanes of at least 4 members (excludes halogenated alkanes) is 24. The molecule has 0 heterocycles. The van der Waals surface area contributed by atoms with Crippen LogP contribution in [-0.4, -0.2) is 60.9 Å². The Bertz CT molecular complexity index is 1160. The second-order valence-electron chi connectivity index (χ2n) is 15.7. The van der Waals surface area contributed by atoms with Crippen molar-refractivity contribution in [1.29, 1.82) is 0 Å². The molecule has 1 aromatic rings. The molecule has 0 atom stereocenters. The van der Waals surface area contributed by atoms with Gasteiger partial charge in [0, 0.05) is 29.8 Å². The van der Waals surface area contributed by atoms with Crippen molar-refractivity contribution in [3.63, 3.8) is 0 Å². The Balaban J connectivity index is 2.76. The number of hydrogen-bond acceptors (Lipinski definition) is 7. The van der Waals surface area contributed by atoms with Gasteiger partial charge < -0.3 is 25.0 Å². The van der Waals surface area contributed by atoms with E-state index in [4.69, 9.17) is 9.47 Å². The number of hydrogen-bond donors (Lipinski definition) is 2. The zero-order valence-corrected chi connectivity index (χ0v) is 36.7. The summed E-state index contributed by atoms with van der Waals surface area (Å²) in [4.78, 5) is 65.7. The molecule has 0 aliphatic carbocycles. The highest BCUT2D eigenvalue weighted by atomic mass is 16.5. The van der Waals surface area contributed by atoms with Crippen molar-refractivity contribution in [1.82, 2.24) is 4.90 Å². The average Bonchev–Trinajstić information content (AvgIpc) is 3.18. The molecule has 0 aliphatic rings. The minimum absolute atomic E-state index is 0.110. The van der Waals surface area contributed by atoms with Crippen LogP contribution in [0.25, 0.3) is 0 Å². The highest BCUT2D eigenvalue weighted by Gasteiger charge is 2.24. The molecular weight excluding hydrogens is 719 g/mol. The fourth-order valence-electron chi connectivity index (χ4n) is 7.06. The molecule has 0 radical (unpaired) electrons. The Labute approximate surface area is 346 Å². The molecule has 10 heteroatoms. The van der Waals surface area contributed by atoms with Crippen molar-refractivity contribution in [2.45, 2.75) is 207 Å². The summed E-state index contributed by atoms with van der Waals surface area (Å²) in [7, 11) is 0. The quantitative estimate of drug-likeness (QED) is 0.0506. The normalized spacial score (nSPS) is 10.9. The lowest BCUT2D eigenvalue weighted by Crippen LogP contribution is -2.40. The van der Waals surface area contributed by atoms with Gasteiger partial charge in [0.15, 0.2) is 0 Å². The largest absolute Gasteiger partial charge is 0.465 e. The van der Waals surface area contributed by atoms with Crippen LogP contribution in [0, 0.1) is 0 Å². The van der Waals surface area contributed by atoms with E-state index in [-0.39, 0.29) is 30.6 Å². The van der Waals surface area contributed by atoms with Crippen LogP contribution in [0.4, 0.5) is 11.4 Å². The molecule has 10 nitrogen and oxygen atoms in total. The van der Waals surface area contributed by atoms with Crippen molar-refractivity contribution in [3.05, 3.63) is 23.8 Å². The maximum Gasteiger partial charge on any atom is 0.325 e. The number of carbonyl (C=O) groups is 5. The second kappa shape index (κ2) is 35.7. The Kier molecular flexibility index (Phi) is 32.3. The lowest BCUT2D eigenvalue weighted by Gasteiger charge is -2.21. The zero-order chi connectivity index (χ0) is 41.8. The van der Waals surface area contributed by atoms with E-state index in [9.17, 15) is 24.0 Å². The molecule has 0 spiro atoms. The fourth-order valence-corrected chi connectivity index (χ4v) is 7.06. The summed E-state index contributed by atoms with van der Waals surface area (Å²) >= 11 is 0. The van der Waals surface area contributed by atoms with Crippen LogP contribution in [-0.2, 0) is 28.7 Å². The van der Waals surface area contributed by atoms with Gasteiger partial charge in [-0.1, -0.05) is 168 Å². The molecule has 1 rings (SSSR count). The Morgan fingerprint density at radius 3 is 1.04 bits per heavy atom. The molecule has 0 saturated heterocycles. The second-order valence-corrected chi connectivity index (χ2v) is 15.7. The smallest absolute Gasteiger partial charge is 0.325 e. The van der Waals surface area contributed by atoms with Crippen LogP contribution in [0.2, 0.25) is 0 Å². The Morgan fingerprint density at radius 1 is 0.439 bits per heavy atom. The number of ether oxygens (including phenoxy) is 2. The summed E-state index contributed by atoms with van der Waals surface area (Å²) in [5.74, 6) is -2.31. The van der Waals surface area contributed by atoms with Gasteiger partial charge in [-0.2, -0.15) is 0 Å². The Hall–Kier alpha value is -3.43. The van der Waals surface area contributed by atoms with E-state index in [1.54, 1.807) is 19.9 Å². The van der Waals surface area contributed by atoms with Crippen molar-refractivity contribution in [2.75, 3.05) is 36.9 Å². The van der Waals surface area contributed by atoms with Crippen LogP contribution in [0.15, 0.2) is 18.2 Å². The molecule has 57 heavy (non-hydrogen) atoms. The maximum atomic E-state index is 13.8. The van der Waals surface area contributed by atoms with Gasteiger partial charge in [0.1, 0.15) is 13.1 Å². The standard InChI is InChI=1S/C47H81N3O7/c1-5-9-11-13-15-17-19-21-23-25-27-29-31-33-43(51)48-41-35-40(47(55)50(38-45(53)56-7-3)39-46(54)57-8-4)36-42(37-41)49-44(52)34-32-30-28-26-24-22-20-18-16-14-12-10-6-2/h35-37H,5-34,38-39H2,1-4H3,(H,48,51)(H,49,52). The molecule has 0 unspecified atom stereocenters. The van der Waals surface area contributed by atoms with Gasteiger partial charge in [-0.15, -0.1) is 0 Å². The Morgan fingerprint density at radius 2 is 0.737 bits per heavy atom. The predicted molar refractivity (Wildman–Crippen MR) is 233 cm³/mol. The molecule has 1 aromatic carbocycles. The number of benzene rings is 1. The first kappa shape index (κ1) is 51.6. The van der Waals surface area contributed by atoms with Gasteiger partial charge in [0.25, 0.3) is 5.91 Å². The minimum Gasteiger partial charge on any atom is -0.465 e. The van der Waals surface area contributed by atoms with Gasteiger partial charge in [-0.05, 0) is 44.9 Å². The summed E-state index contributed by atoms with van der Waals surface area (Å²) < 4.78 is 10.1. The molecule has 0 fully saturated rings. The number of nitrogens with zero attached hydrogens (tertiary/aromatic N) is 1. The molecule has 0 saturated carbocycles. The summed E-state index contributed by atoms with van der Waals surface area (Å²) in [6, 6.07) is 4.66. The topological polar surface area (TPSA) is 131 Å². The lowest BCUT2D eigenvalue weighted by atomic mass is 10.0. The van der Waals surface area contributed by atoms with E-state index < -0.39 is 30.9 Å². The monoisotopic (exact) mass is 800 g/mol. The highest BCUT2D eigenvalue weighted by molar-refractivity contribution is 6.02. The van der Waals surface area contributed by atoms with Gasteiger partial charge in [0.05, 0.1) is 13.2 Å². The van der Waals surface area contributed by atoms with Gasteiger partial charge >= 0.3 is 11.9 Å². The lowest BCUT2D eigenvalue weighted by molar-refractivity contribution is -0.147. The van der Waals surface area contributed by atoms with Crippen LogP contribution >= 0.6 is 0 Å². The van der Waals surface area contributed by atoms with Gasteiger partial charge in [0.2, 0.25) is 11.8 Å². The number of nitrogens with one attached hydrogen (secondary N) is 2. The molecule has 3 amide bonds. The molecule has 2 N–H and O–H groups in total. The number of amides is 3. The third-order valence-corrected chi connectivity index (χ3v) is 10.3. The van der Waals surface area contributed by atoms with Crippen LogP contribution in [0.5, 0.6) is 0 Å². The van der Waals surface area contributed by atoms with Crippen molar-refractivity contribution in [3.8, 4) is 0 Å². The van der Waals surface area contributed by atoms with E-state index >= 15 is 0 Å². The van der Waals surface area contributed by atoms with Gasteiger partial charge in [-0.25, -0.2) is 0 Å². The maximum absolute atomic E-state index is 13.8. The first-order valence-electron chi connectivity index (χ1n) is 23.1. The van der Waals surface area contributed by atoms with E-state index in [0.717, 1.165) is 43.4 Å². The minimum atomic E-state index is -0.663. The van der Waals surface area contributed by atoms with Crippen molar-refractivity contribution < 1.29 is 33.4 Å². The highest BCUT2D eigenvalue weighted by Crippen LogP contribution is 2.23. The van der Waals surface area contributed by atoms with E-state index in [2.05, 4.69) is 24.5 Å². The van der Waals surface area contributed by atoms with Crippen molar-refractivity contribution >= 4 is 41.0 Å². The molecule has 0 aliphatic heterocycles. The summed E-state index contributed by atoms with van der Waals surface area (Å²) in [6.45, 7) is 7.14. The van der Waals surface area contributed by atoms with Gasteiger partial charge in [-0.3, -0.25) is 24.0 Å². The van der Waals surface area contributed by atoms with E-state index in [0.29, 0.717) is 24.2 Å². The first-order chi connectivity index (χ1) is 27.7. The molecule has 0 bridgehead atoms. The molecular formula is C47H81N3O7. The van der Waals surface area contributed by atoms with Crippen LogP contribution in [0.1, 0.15) is 218 Å². The first-order valence-corrected chi connectivity index (χ1v) is 23.1. The number of esters is 2. The fraction of sp³-hybridized carbons (Fsp3) is 0.766. The number of anilines is 2. The average molecular weight is 800 g/mol. The van der Waals surface area contributed by atoms with Crippen LogP contribution in [0.3, 0.4) is 0 Å². The number of carbonyl (C=O) groups excluding carboxylic acids is 5. The molecule has 0 aromatic heterocycles. The van der Waals surface area contributed by atoms with Crippen LogP contribution < -0.4 is 10.6 Å². The summed E-state index contributed by atoms with van der Waals surface area (Å²) in [6.07, 6.45) is 32.4. The predicted octanol–water partition coefficient (Wildman–Crippen LogP) is 12.1. The van der Waals surface area contributed by atoms with Crippen molar-refractivity contribution in [2.24, 2.45) is 0 Å². The zero-order valence-electron chi connectivity index (χ0n) is 36.7.